The summed E-state index contributed by atoms with van der Waals surface area (Å²) in [6, 6.07) is 17.7. The molecule has 0 spiro atoms. The molecule has 0 aliphatic heterocycles. The summed E-state index contributed by atoms with van der Waals surface area (Å²) in [6.45, 7) is 3.67. The summed E-state index contributed by atoms with van der Waals surface area (Å²) < 4.78 is 0. The van der Waals surface area contributed by atoms with Crippen LogP contribution in [0.15, 0.2) is 54.6 Å². The number of unbranched alkanes of at least 4 members (excludes halogenated alkanes) is 1. The number of carbonyl (C=O) groups excluding carboxylic acids is 3. The summed E-state index contributed by atoms with van der Waals surface area (Å²) in [5, 5.41) is 2.67. The number of hydrogen-bond acceptors (Lipinski definition) is 5. The van der Waals surface area contributed by atoms with Crippen LogP contribution in [0.4, 0.5) is 0 Å². The van der Waals surface area contributed by atoms with Crippen LogP contribution < -0.4 is 16.5 Å². The van der Waals surface area contributed by atoms with Crippen LogP contribution in [0.5, 0.6) is 0 Å². The first-order valence-corrected chi connectivity index (χ1v) is 12.0. The van der Waals surface area contributed by atoms with Gasteiger partial charge in [-0.1, -0.05) is 68.4 Å². The Morgan fingerprint density at radius 1 is 0.912 bits per heavy atom. The highest BCUT2D eigenvalue weighted by atomic mass is 16.7. The van der Waals surface area contributed by atoms with Gasteiger partial charge in [-0.3, -0.25) is 9.59 Å². The average Bonchev–Trinajstić information content (AvgIpc) is 3.62. The van der Waals surface area contributed by atoms with Crippen molar-refractivity contribution in [2.45, 2.75) is 70.4 Å². The Morgan fingerprint density at radius 3 is 2.03 bits per heavy atom. The molecule has 0 unspecified atom stereocenters. The second-order valence-corrected chi connectivity index (χ2v) is 9.44. The predicted molar refractivity (Wildman–Crippen MR) is 130 cm³/mol. The van der Waals surface area contributed by atoms with Crippen molar-refractivity contribution in [1.29, 1.82) is 0 Å². The summed E-state index contributed by atoms with van der Waals surface area (Å²) in [6.07, 6.45) is 5.32. The van der Waals surface area contributed by atoms with Crippen molar-refractivity contribution < 1.29 is 19.2 Å². The quantitative estimate of drug-likeness (QED) is 0.349. The van der Waals surface area contributed by atoms with Gasteiger partial charge in [-0.05, 0) is 61.1 Å². The molecule has 182 valence electrons. The molecule has 2 amide bonds. The maximum absolute atomic E-state index is 12.4. The number of aryl methyl sites for hydroxylation is 2. The second kappa shape index (κ2) is 11.8. The smallest absolute Gasteiger partial charge is 0.339 e. The van der Waals surface area contributed by atoms with E-state index in [9.17, 15) is 14.4 Å². The van der Waals surface area contributed by atoms with E-state index in [1.165, 1.54) is 11.1 Å². The third kappa shape index (κ3) is 7.42. The molecule has 1 aliphatic rings. The number of hydroxylamine groups is 1. The monoisotopic (exact) mass is 465 g/mol. The van der Waals surface area contributed by atoms with Crippen LogP contribution in [0.2, 0.25) is 0 Å². The van der Waals surface area contributed by atoms with Crippen molar-refractivity contribution in [3.63, 3.8) is 0 Å². The lowest BCUT2D eigenvalue weighted by atomic mass is 10.0. The van der Waals surface area contributed by atoms with Crippen LogP contribution in [-0.4, -0.2) is 29.4 Å². The lowest BCUT2D eigenvalue weighted by Gasteiger charge is -2.20. The number of nitrogens with two attached hydrogens (primary N) is 1. The molecule has 0 radical (unpaired) electrons. The minimum absolute atomic E-state index is 0.0489. The Bertz CT molecular complexity index is 969. The highest BCUT2D eigenvalue weighted by Gasteiger charge is 2.53. The molecular formula is C27H35N3O4. The zero-order chi connectivity index (χ0) is 24.6. The molecule has 7 heteroatoms. The van der Waals surface area contributed by atoms with Crippen LogP contribution in [-0.2, 0) is 38.5 Å². The van der Waals surface area contributed by atoms with Crippen molar-refractivity contribution in [1.82, 2.24) is 10.8 Å². The number of hydrogen-bond donors (Lipinski definition) is 3. The van der Waals surface area contributed by atoms with Crippen LogP contribution in [0.1, 0.15) is 56.2 Å². The van der Waals surface area contributed by atoms with Gasteiger partial charge in [-0.25, -0.2) is 4.79 Å². The fourth-order valence-corrected chi connectivity index (χ4v) is 3.68. The number of carbonyl (C=O) groups is 3. The zero-order valence-electron chi connectivity index (χ0n) is 20.0. The molecule has 0 aromatic heterocycles. The molecule has 4 N–H and O–H groups in total. The van der Waals surface area contributed by atoms with Crippen LogP contribution in [0.3, 0.4) is 0 Å². The first-order valence-electron chi connectivity index (χ1n) is 12.0. The Labute approximate surface area is 201 Å². The van der Waals surface area contributed by atoms with Gasteiger partial charge in [-0.15, -0.1) is 0 Å². The fourth-order valence-electron chi connectivity index (χ4n) is 3.68. The molecule has 2 aromatic rings. The van der Waals surface area contributed by atoms with Gasteiger partial charge in [0.05, 0.1) is 12.5 Å². The van der Waals surface area contributed by atoms with E-state index >= 15 is 0 Å². The molecular weight excluding hydrogens is 430 g/mol. The third-order valence-electron chi connectivity index (χ3n) is 6.19. The predicted octanol–water partition coefficient (Wildman–Crippen LogP) is 3.00. The molecule has 34 heavy (non-hydrogen) atoms. The third-order valence-corrected chi connectivity index (χ3v) is 6.19. The van der Waals surface area contributed by atoms with E-state index in [0.717, 1.165) is 31.2 Å². The summed E-state index contributed by atoms with van der Waals surface area (Å²) in [7, 11) is 0. The lowest BCUT2D eigenvalue weighted by molar-refractivity contribution is -0.162. The Morgan fingerprint density at radius 2 is 1.47 bits per heavy atom. The highest BCUT2D eigenvalue weighted by molar-refractivity contribution is 5.93. The van der Waals surface area contributed by atoms with Gasteiger partial charge in [0.15, 0.2) is 0 Å². The summed E-state index contributed by atoms with van der Waals surface area (Å²) >= 11 is 0. The normalized spacial score (nSPS) is 14.8. The molecule has 0 heterocycles. The van der Waals surface area contributed by atoms with E-state index in [0.29, 0.717) is 12.8 Å². The maximum Gasteiger partial charge on any atom is 0.357 e. The lowest BCUT2D eigenvalue weighted by Crippen LogP contribution is -2.53. The van der Waals surface area contributed by atoms with Gasteiger partial charge in [0, 0.05) is 0 Å². The maximum atomic E-state index is 12.4. The SMILES string of the molecule is CC(C)[C@H](N)C(=O)NC1(C(=O)ONC(=O)Cc2ccc(CCCCc3ccccc3)cc2)CC1. The Kier molecular flexibility index (Phi) is 8.82. The van der Waals surface area contributed by atoms with Crippen LogP contribution in [0, 0.1) is 5.92 Å². The molecule has 1 fully saturated rings. The van der Waals surface area contributed by atoms with E-state index in [-0.39, 0.29) is 12.3 Å². The van der Waals surface area contributed by atoms with E-state index in [2.05, 4.69) is 35.1 Å². The van der Waals surface area contributed by atoms with Gasteiger partial charge < -0.3 is 15.9 Å². The minimum atomic E-state index is -1.08. The van der Waals surface area contributed by atoms with E-state index < -0.39 is 29.4 Å². The van der Waals surface area contributed by atoms with Crippen molar-refractivity contribution in [3.8, 4) is 0 Å². The van der Waals surface area contributed by atoms with Crippen molar-refractivity contribution in [3.05, 3.63) is 71.3 Å². The standard InChI is InChI=1S/C27H35N3O4/c1-19(2)24(28)25(32)29-27(16-17-27)26(33)34-30-23(31)18-22-14-12-21(13-15-22)11-7-6-10-20-8-4-3-5-9-20/h3-5,8-9,12-15,19,24H,6-7,10-11,16-18,28H2,1-2H3,(H,29,32)(H,30,31)/t24-/m0/s1. The largest absolute Gasteiger partial charge is 0.357 e. The summed E-state index contributed by atoms with van der Waals surface area (Å²) in [5.74, 6) is -1.54. The van der Waals surface area contributed by atoms with Gasteiger partial charge in [0.2, 0.25) is 5.91 Å². The van der Waals surface area contributed by atoms with Crippen molar-refractivity contribution in [2.75, 3.05) is 0 Å². The van der Waals surface area contributed by atoms with E-state index in [1.54, 1.807) is 0 Å². The molecule has 2 aromatic carbocycles. The number of benzene rings is 2. The number of amides is 2. The number of rotatable bonds is 11. The van der Waals surface area contributed by atoms with Gasteiger partial charge in [0.25, 0.3) is 5.91 Å². The minimum Gasteiger partial charge on any atom is -0.339 e. The molecule has 1 atom stereocenters. The summed E-state index contributed by atoms with van der Waals surface area (Å²) in [4.78, 5) is 41.7. The van der Waals surface area contributed by atoms with Crippen LogP contribution >= 0.6 is 0 Å². The molecule has 1 saturated carbocycles. The van der Waals surface area contributed by atoms with E-state index in [1.807, 2.05) is 44.2 Å². The van der Waals surface area contributed by atoms with Gasteiger partial charge in [-0.2, -0.15) is 5.48 Å². The Hall–Kier alpha value is -3.19. The second-order valence-electron chi connectivity index (χ2n) is 9.44. The first kappa shape index (κ1) is 25.4. The van der Waals surface area contributed by atoms with Crippen LogP contribution in [0.25, 0.3) is 0 Å². The molecule has 1 aliphatic carbocycles. The van der Waals surface area contributed by atoms with Gasteiger partial charge in [0.1, 0.15) is 5.54 Å². The molecule has 0 saturated heterocycles. The first-order chi connectivity index (χ1) is 16.3. The molecule has 0 bridgehead atoms. The summed E-state index contributed by atoms with van der Waals surface area (Å²) in [5.41, 5.74) is 10.4. The molecule has 3 rings (SSSR count). The topological polar surface area (TPSA) is 111 Å². The van der Waals surface area contributed by atoms with Crippen molar-refractivity contribution >= 4 is 17.8 Å². The zero-order valence-corrected chi connectivity index (χ0v) is 20.0. The number of nitrogens with one attached hydrogen (secondary N) is 2. The van der Waals surface area contributed by atoms with Crippen molar-refractivity contribution in [2.24, 2.45) is 11.7 Å². The molecule has 7 nitrogen and oxygen atoms in total. The highest BCUT2D eigenvalue weighted by Crippen LogP contribution is 2.36. The Balaban J connectivity index is 1.37. The van der Waals surface area contributed by atoms with Gasteiger partial charge >= 0.3 is 5.97 Å². The fraction of sp³-hybridized carbons (Fsp3) is 0.444. The van der Waals surface area contributed by atoms with E-state index in [4.69, 9.17) is 10.6 Å². The average molecular weight is 466 g/mol.